The van der Waals surface area contributed by atoms with Crippen molar-refractivity contribution in [1.29, 1.82) is 0 Å². The first-order valence-corrected chi connectivity index (χ1v) is 7.35. The highest BCUT2D eigenvalue weighted by Gasteiger charge is 2.20. The zero-order valence-corrected chi connectivity index (χ0v) is 13.7. The summed E-state index contributed by atoms with van der Waals surface area (Å²) in [5.74, 6) is -0.151. The summed E-state index contributed by atoms with van der Waals surface area (Å²) in [4.78, 5) is 28.5. The molecule has 116 valence electrons. The molecule has 1 aromatic heterocycles. The lowest BCUT2D eigenvalue weighted by atomic mass is 9.99. The van der Waals surface area contributed by atoms with Crippen molar-refractivity contribution in [1.82, 2.24) is 9.88 Å². The van der Waals surface area contributed by atoms with E-state index in [1.165, 1.54) is 11.6 Å². The standard InChI is InChI=1S/C18H22N2O2/c1-11-6-7-16(12(2)8-11)14(4)20(5)18(22)15-9-13(3)19-17(21)10-15/h6-10,14H,1-5H3,(H,19,21). The molecule has 1 aromatic carbocycles. The SMILES string of the molecule is Cc1ccc(C(C)N(C)C(=O)c2cc(C)[nH]c(=O)c2)c(C)c1. The van der Waals surface area contributed by atoms with Crippen molar-refractivity contribution in [2.24, 2.45) is 0 Å². The zero-order chi connectivity index (χ0) is 16.4. The number of hydrogen-bond donors (Lipinski definition) is 1. The Hall–Kier alpha value is -2.36. The van der Waals surface area contributed by atoms with E-state index in [-0.39, 0.29) is 17.5 Å². The molecule has 0 aliphatic rings. The first kappa shape index (κ1) is 16.0. The summed E-state index contributed by atoms with van der Waals surface area (Å²) in [5.41, 5.74) is 4.32. The Morgan fingerprint density at radius 2 is 1.82 bits per heavy atom. The normalized spacial score (nSPS) is 12.0. The monoisotopic (exact) mass is 298 g/mol. The Bertz CT molecular complexity index is 762. The Morgan fingerprint density at radius 1 is 1.14 bits per heavy atom. The second kappa shape index (κ2) is 6.18. The third kappa shape index (κ3) is 3.27. The Balaban J connectivity index is 2.31. The second-order valence-corrected chi connectivity index (χ2v) is 5.87. The Kier molecular flexibility index (Phi) is 4.50. The lowest BCUT2D eigenvalue weighted by Gasteiger charge is -2.27. The number of aryl methyl sites for hydroxylation is 3. The van der Waals surface area contributed by atoms with Gasteiger partial charge in [0.25, 0.3) is 5.91 Å². The highest BCUT2D eigenvalue weighted by molar-refractivity contribution is 5.94. The zero-order valence-electron chi connectivity index (χ0n) is 13.7. The van der Waals surface area contributed by atoms with Crippen LogP contribution in [0.1, 0.15) is 45.7 Å². The van der Waals surface area contributed by atoms with Gasteiger partial charge in [-0.3, -0.25) is 9.59 Å². The summed E-state index contributed by atoms with van der Waals surface area (Å²) in [5, 5.41) is 0. The molecule has 0 radical (unpaired) electrons. The van der Waals surface area contributed by atoms with Crippen LogP contribution in [0.5, 0.6) is 0 Å². The maximum Gasteiger partial charge on any atom is 0.254 e. The summed E-state index contributed by atoms with van der Waals surface area (Å²) in [6.07, 6.45) is 0. The maximum atomic E-state index is 12.6. The smallest absolute Gasteiger partial charge is 0.254 e. The van der Waals surface area contributed by atoms with Crippen molar-refractivity contribution < 1.29 is 4.79 Å². The average molecular weight is 298 g/mol. The topological polar surface area (TPSA) is 53.2 Å². The van der Waals surface area contributed by atoms with Crippen molar-refractivity contribution in [3.63, 3.8) is 0 Å². The fraction of sp³-hybridized carbons (Fsp3) is 0.333. The molecule has 1 amide bonds. The molecule has 0 fully saturated rings. The van der Waals surface area contributed by atoms with E-state index in [0.29, 0.717) is 11.3 Å². The summed E-state index contributed by atoms with van der Waals surface area (Å²) in [6, 6.07) is 9.21. The van der Waals surface area contributed by atoms with Crippen molar-refractivity contribution in [3.05, 3.63) is 68.6 Å². The minimum atomic E-state index is -0.254. The van der Waals surface area contributed by atoms with Crippen molar-refractivity contribution >= 4 is 5.91 Å². The summed E-state index contributed by atoms with van der Waals surface area (Å²) in [6.45, 7) is 7.87. The molecule has 22 heavy (non-hydrogen) atoms. The van der Waals surface area contributed by atoms with Gasteiger partial charge in [-0.25, -0.2) is 0 Å². The van der Waals surface area contributed by atoms with Gasteiger partial charge in [-0.1, -0.05) is 23.8 Å². The minimum Gasteiger partial charge on any atom is -0.335 e. The number of nitrogens with zero attached hydrogens (tertiary/aromatic N) is 1. The number of amides is 1. The lowest BCUT2D eigenvalue weighted by Crippen LogP contribution is -2.31. The Morgan fingerprint density at radius 3 is 2.41 bits per heavy atom. The molecule has 2 aromatic rings. The number of carbonyl (C=O) groups excluding carboxylic acids is 1. The third-order valence-corrected chi connectivity index (χ3v) is 4.00. The molecular formula is C18H22N2O2. The fourth-order valence-electron chi connectivity index (χ4n) is 2.69. The number of pyridine rings is 1. The molecule has 1 unspecified atom stereocenters. The van der Waals surface area contributed by atoms with Crippen LogP contribution in [0.25, 0.3) is 0 Å². The molecule has 1 heterocycles. The van der Waals surface area contributed by atoms with Gasteiger partial charge in [0.05, 0.1) is 6.04 Å². The molecule has 0 aliphatic carbocycles. The third-order valence-electron chi connectivity index (χ3n) is 4.00. The maximum absolute atomic E-state index is 12.6. The van der Waals surface area contributed by atoms with Gasteiger partial charge in [0.15, 0.2) is 0 Å². The number of rotatable bonds is 3. The van der Waals surface area contributed by atoms with Crippen LogP contribution in [-0.4, -0.2) is 22.8 Å². The van der Waals surface area contributed by atoms with Gasteiger partial charge in [-0.15, -0.1) is 0 Å². The van der Waals surface area contributed by atoms with Crippen molar-refractivity contribution in [2.45, 2.75) is 33.7 Å². The molecule has 0 spiro atoms. The molecule has 1 N–H and O–H groups in total. The van der Waals surface area contributed by atoms with Crippen LogP contribution < -0.4 is 5.56 Å². The minimum absolute atomic E-state index is 0.0623. The quantitative estimate of drug-likeness (QED) is 0.946. The van der Waals surface area contributed by atoms with Crippen LogP contribution in [0.4, 0.5) is 0 Å². The van der Waals surface area contributed by atoms with Crippen LogP contribution in [0.2, 0.25) is 0 Å². The summed E-state index contributed by atoms with van der Waals surface area (Å²) >= 11 is 0. The van der Waals surface area contributed by atoms with E-state index < -0.39 is 0 Å². The molecule has 0 saturated heterocycles. The van der Waals surface area contributed by atoms with E-state index in [1.807, 2.05) is 6.92 Å². The number of hydrogen-bond acceptors (Lipinski definition) is 2. The van der Waals surface area contributed by atoms with Gasteiger partial charge < -0.3 is 9.88 Å². The van der Waals surface area contributed by atoms with Crippen LogP contribution in [0.15, 0.2) is 35.1 Å². The largest absolute Gasteiger partial charge is 0.335 e. The number of H-pyrrole nitrogens is 1. The van der Waals surface area contributed by atoms with Gasteiger partial charge in [0, 0.05) is 24.4 Å². The highest BCUT2D eigenvalue weighted by Crippen LogP contribution is 2.24. The van der Waals surface area contributed by atoms with E-state index in [4.69, 9.17) is 0 Å². The number of aromatic amines is 1. The lowest BCUT2D eigenvalue weighted by molar-refractivity contribution is 0.0742. The van der Waals surface area contributed by atoms with Gasteiger partial charge in [0.2, 0.25) is 5.56 Å². The van der Waals surface area contributed by atoms with Gasteiger partial charge in [-0.2, -0.15) is 0 Å². The number of benzene rings is 1. The number of nitrogens with one attached hydrogen (secondary N) is 1. The molecule has 0 saturated carbocycles. The van der Waals surface area contributed by atoms with Crippen LogP contribution in [0, 0.1) is 20.8 Å². The van der Waals surface area contributed by atoms with Gasteiger partial charge in [-0.05, 0) is 44.9 Å². The molecule has 0 bridgehead atoms. The van der Waals surface area contributed by atoms with E-state index in [2.05, 4.69) is 37.0 Å². The molecular weight excluding hydrogens is 276 g/mol. The van der Waals surface area contributed by atoms with Gasteiger partial charge >= 0.3 is 0 Å². The highest BCUT2D eigenvalue weighted by atomic mass is 16.2. The molecule has 4 heteroatoms. The van der Waals surface area contributed by atoms with E-state index in [0.717, 1.165) is 11.1 Å². The molecule has 2 rings (SSSR count). The predicted molar refractivity (Wildman–Crippen MR) is 88.2 cm³/mol. The van der Waals surface area contributed by atoms with Crippen LogP contribution in [-0.2, 0) is 0 Å². The predicted octanol–water partition coefficient (Wildman–Crippen LogP) is 3.13. The van der Waals surface area contributed by atoms with Crippen molar-refractivity contribution in [3.8, 4) is 0 Å². The molecule has 4 nitrogen and oxygen atoms in total. The molecule has 0 aliphatic heterocycles. The van der Waals surface area contributed by atoms with Gasteiger partial charge in [0.1, 0.15) is 0 Å². The van der Waals surface area contributed by atoms with E-state index in [1.54, 1.807) is 24.9 Å². The summed E-state index contributed by atoms with van der Waals surface area (Å²) < 4.78 is 0. The van der Waals surface area contributed by atoms with Crippen LogP contribution in [0.3, 0.4) is 0 Å². The fourth-order valence-corrected chi connectivity index (χ4v) is 2.69. The first-order chi connectivity index (χ1) is 10.3. The van der Waals surface area contributed by atoms with E-state index >= 15 is 0 Å². The van der Waals surface area contributed by atoms with E-state index in [9.17, 15) is 9.59 Å². The number of aromatic nitrogens is 1. The summed E-state index contributed by atoms with van der Waals surface area (Å²) in [7, 11) is 1.77. The average Bonchev–Trinajstić information content (AvgIpc) is 2.44. The van der Waals surface area contributed by atoms with Crippen LogP contribution >= 0.6 is 0 Å². The van der Waals surface area contributed by atoms with Crippen molar-refractivity contribution in [2.75, 3.05) is 7.05 Å². The molecule has 1 atom stereocenters. The first-order valence-electron chi connectivity index (χ1n) is 7.35. The second-order valence-electron chi connectivity index (χ2n) is 5.87. The number of carbonyl (C=O) groups is 1. The Labute approximate surface area is 130 Å².